The lowest BCUT2D eigenvalue weighted by Gasteiger charge is -2.12. The van der Waals surface area contributed by atoms with Gasteiger partial charge in [-0.1, -0.05) is 159 Å². The second kappa shape index (κ2) is 13.9. The molecule has 0 saturated carbocycles. The highest BCUT2D eigenvalue weighted by Crippen LogP contribution is 2.36. The van der Waals surface area contributed by atoms with Gasteiger partial charge >= 0.3 is 0 Å². The summed E-state index contributed by atoms with van der Waals surface area (Å²) in [5, 5.41) is 6.84. The zero-order chi connectivity index (χ0) is 39.5. The van der Waals surface area contributed by atoms with Crippen LogP contribution in [0.1, 0.15) is 12.2 Å². The van der Waals surface area contributed by atoms with Crippen molar-refractivity contribution in [1.29, 1.82) is 0 Å². The molecule has 5 nitrogen and oxygen atoms in total. The molecule has 0 aliphatic heterocycles. The monoisotopic (exact) mass is 755 g/mol. The zero-order valence-electron chi connectivity index (χ0n) is 32.3. The summed E-state index contributed by atoms with van der Waals surface area (Å²) < 4.78 is 4.76. The van der Waals surface area contributed by atoms with Crippen LogP contribution in [0.5, 0.6) is 0 Å². The number of para-hydroxylation sites is 2. The summed E-state index contributed by atoms with van der Waals surface area (Å²) in [5.74, 6) is 1.97. The maximum atomic E-state index is 4.97. The average molecular weight is 756 g/mol. The van der Waals surface area contributed by atoms with Gasteiger partial charge in [-0.3, -0.25) is 0 Å². The standard InChI is InChI=1S/C54H37N5/c1-3-15-43-35(2)49-32-41-20-11-13-22-47(41)59(49)51-34-50-46(33-45(43)51)44-21-12-14-23-48(44)58(50)42-30-28-37(29-31-42)36-24-26-40(27-25-36)54-56-52(38-16-7-4-5-8-17-38)55-53(57-54)39-18-9-6-10-19-39/h3-7,9-34H,1-2,8H2/b43-15+. The minimum absolute atomic E-state index is 0.646. The largest absolute Gasteiger partial charge is 0.309 e. The van der Waals surface area contributed by atoms with E-state index >= 15 is 0 Å². The third-order valence-corrected chi connectivity index (χ3v) is 11.5. The van der Waals surface area contributed by atoms with Gasteiger partial charge in [0, 0.05) is 43.9 Å². The lowest BCUT2D eigenvalue weighted by atomic mass is 10.0. The van der Waals surface area contributed by atoms with Gasteiger partial charge in [-0.25, -0.2) is 15.0 Å². The van der Waals surface area contributed by atoms with E-state index in [0.717, 1.165) is 77.8 Å². The fraction of sp³-hybridized carbons (Fsp3) is 0.0185. The second-order valence-corrected chi connectivity index (χ2v) is 14.9. The molecule has 0 bridgehead atoms. The predicted molar refractivity (Wildman–Crippen MR) is 247 cm³/mol. The number of hydrogen-bond donors (Lipinski definition) is 0. The van der Waals surface area contributed by atoms with E-state index in [4.69, 9.17) is 15.0 Å². The highest BCUT2D eigenvalue weighted by atomic mass is 15.0. The second-order valence-electron chi connectivity index (χ2n) is 14.9. The molecular formula is C54H37N5. The maximum absolute atomic E-state index is 4.97. The molecule has 0 radical (unpaired) electrons. The molecule has 11 rings (SSSR count). The van der Waals surface area contributed by atoms with Crippen molar-refractivity contribution < 1.29 is 0 Å². The number of benzene rings is 6. The molecule has 4 aromatic heterocycles. The van der Waals surface area contributed by atoms with Gasteiger partial charge in [0.1, 0.15) is 0 Å². The summed E-state index contributed by atoms with van der Waals surface area (Å²) >= 11 is 0. The van der Waals surface area contributed by atoms with Crippen LogP contribution in [-0.2, 0) is 0 Å². The maximum Gasteiger partial charge on any atom is 0.164 e. The Balaban J connectivity index is 1.01. The quantitative estimate of drug-likeness (QED) is 0.170. The minimum Gasteiger partial charge on any atom is -0.309 e. The first-order valence-corrected chi connectivity index (χ1v) is 19.9. The van der Waals surface area contributed by atoms with Crippen LogP contribution in [0, 0.1) is 0 Å². The lowest BCUT2D eigenvalue weighted by molar-refractivity contribution is 1.04. The van der Waals surface area contributed by atoms with Crippen LogP contribution in [0.2, 0.25) is 0 Å². The molecule has 0 saturated heterocycles. The van der Waals surface area contributed by atoms with E-state index in [-0.39, 0.29) is 0 Å². The highest BCUT2D eigenvalue weighted by molar-refractivity contribution is 6.14. The van der Waals surface area contributed by atoms with Crippen molar-refractivity contribution in [1.82, 2.24) is 23.9 Å². The average Bonchev–Trinajstić information content (AvgIpc) is 3.70. The molecule has 4 heterocycles. The van der Waals surface area contributed by atoms with E-state index in [1.54, 1.807) is 0 Å². The molecule has 59 heavy (non-hydrogen) atoms. The molecule has 0 fully saturated rings. The van der Waals surface area contributed by atoms with Gasteiger partial charge in [0.05, 0.1) is 27.6 Å². The third kappa shape index (κ3) is 5.74. The molecule has 1 aliphatic rings. The van der Waals surface area contributed by atoms with E-state index in [2.05, 4.69) is 168 Å². The van der Waals surface area contributed by atoms with Crippen molar-refractivity contribution in [3.8, 4) is 39.6 Å². The Kier molecular flexibility index (Phi) is 8.12. The predicted octanol–water partition coefficient (Wildman–Crippen LogP) is 11.8. The van der Waals surface area contributed by atoms with E-state index in [1.165, 1.54) is 21.7 Å². The molecule has 0 amide bonds. The summed E-state index contributed by atoms with van der Waals surface area (Å²) in [4.78, 5) is 14.8. The lowest BCUT2D eigenvalue weighted by Crippen LogP contribution is -2.26. The Labute approximate surface area is 340 Å². The van der Waals surface area contributed by atoms with Crippen molar-refractivity contribution in [2.75, 3.05) is 0 Å². The van der Waals surface area contributed by atoms with Crippen molar-refractivity contribution in [2.45, 2.75) is 6.42 Å². The number of nitrogens with zero attached hydrogens (tertiary/aromatic N) is 5. The number of hydrogen-bond acceptors (Lipinski definition) is 3. The first-order valence-electron chi connectivity index (χ1n) is 19.9. The molecule has 5 heteroatoms. The summed E-state index contributed by atoms with van der Waals surface area (Å²) in [5.41, 5.74) is 11.9. The van der Waals surface area contributed by atoms with Crippen molar-refractivity contribution in [2.24, 2.45) is 0 Å². The Hall–Kier alpha value is -7.89. The third-order valence-electron chi connectivity index (χ3n) is 11.5. The fourth-order valence-corrected chi connectivity index (χ4v) is 8.64. The molecule has 278 valence electrons. The fourth-order valence-electron chi connectivity index (χ4n) is 8.64. The van der Waals surface area contributed by atoms with Crippen molar-refractivity contribution in [3.63, 3.8) is 0 Å². The van der Waals surface area contributed by atoms with Crippen LogP contribution in [0.15, 0.2) is 189 Å². The van der Waals surface area contributed by atoms with Gasteiger partial charge in [-0.15, -0.1) is 0 Å². The van der Waals surface area contributed by atoms with E-state index in [9.17, 15) is 0 Å². The van der Waals surface area contributed by atoms with Gasteiger partial charge in [0.2, 0.25) is 0 Å². The van der Waals surface area contributed by atoms with Crippen LogP contribution in [-0.4, -0.2) is 23.9 Å². The normalized spacial score (nSPS) is 13.2. The smallest absolute Gasteiger partial charge is 0.164 e. The molecule has 6 aromatic carbocycles. The SMILES string of the molecule is C=C/C=c1\c(=C)c2cc3ccccc3n2c2cc3c(cc12)c1ccccc1n3-c1ccc(-c2ccc(-c3nc(C4=CCC=CC=C4)nc(-c4ccccc4)n3)cc2)cc1. The topological polar surface area (TPSA) is 48.0 Å². The van der Waals surface area contributed by atoms with Crippen LogP contribution in [0.3, 0.4) is 0 Å². The molecule has 10 aromatic rings. The Morgan fingerprint density at radius 3 is 1.97 bits per heavy atom. The molecule has 0 N–H and O–H groups in total. The Bertz CT molecular complexity index is 3530. The van der Waals surface area contributed by atoms with Gasteiger partial charge in [0.15, 0.2) is 17.5 Å². The van der Waals surface area contributed by atoms with E-state index in [1.807, 2.05) is 42.5 Å². The molecule has 0 spiro atoms. The zero-order valence-corrected chi connectivity index (χ0v) is 32.3. The van der Waals surface area contributed by atoms with Crippen molar-refractivity contribution >= 4 is 67.4 Å². The summed E-state index contributed by atoms with van der Waals surface area (Å²) in [7, 11) is 0. The number of aromatic nitrogens is 5. The molecular weight excluding hydrogens is 719 g/mol. The highest BCUT2D eigenvalue weighted by Gasteiger charge is 2.18. The Morgan fingerprint density at radius 1 is 0.525 bits per heavy atom. The van der Waals surface area contributed by atoms with Crippen LogP contribution in [0.4, 0.5) is 0 Å². The minimum atomic E-state index is 0.646. The summed E-state index contributed by atoms with van der Waals surface area (Å²) in [6.45, 7) is 8.64. The van der Waals surface area contributed by atoms with Crippen LogP contribution in [0.25, 0.3) is 107 Å². The number of rotatable bonds is 6. The molecule has 1 aliphatic carbocycles. The number of fused-ring (bicyclic) bond motifs is 8. The first-order chi connectivity index (χ1) is 29.1. The van der Waals surface area contributed by atoms with Gasteiger partial charge in [-0.2, -0.15) is 0 Å². The summed E-state index contributed by atoms with van der Waals surface area (Å²) in [6.07, 6.45) is 15.2. The Morgan fingerprint density at radius 2 is 1.19 bits per heavy atom. The van der Waals surface area contributed by atoms with Gasteiger partial charge in [0.25, 0.3) is 0 Å². The van der Waals surface area contributed by atoms with Gasteiger partial charge in [-0.05, 0) is 70.4 Å². The first kappa shape index (κ1) is 34.4. The van der Waals surface area contributed by atoms with E-state index in [0.29, 0.717) is 17.5 Å². The van der Waals surface area contributed by atoms with Crippen LogP contribution < -0.4 is 10.4 Å². The number of pyridine rings is 1. The molecule has 0 unspecified atom stereocenters. The number of allylic oxidation sites excluding steroid dienone is 7. The van der Waals surface area contributed by atoms with Crippen LogP contribution >= 0.6 is 0 Å². The summed E-state index contributed by atoms with van der Waals surface area (Å²) in [6, 6.07) is 51.7. The van der Waals surface area contributed by atoms with Crippen molar-refractivity contribution in [3.05, 3.63) is 205 Å². The molecule has 0 atom stereocenters. The van der Waals surface area contributed by atoms with E-state index < -0.39 is 0 Å². The van der Waals surface area contributed by atoms with Gasteiger partial charge < -0.3 is 8.97 Å².